The van der Waals surface area contributed by atoms with E-state index < -0.39 is 5.60 Å². The summed E-state index contributed by atoms with van der Waals surface area (Å²) in [5.41, 5.74) is 0.824. The van der Waals surface area contributed by atoms with Gasteiger partial charge in [0, 0.05) is 19.2 Å². The number of ether oxygens (including phenoxy) is 4. The van der Waals surface area contributed by atoms with Gasteiger partial charge in [-0.05, 0) is 96.3 Å². The third-order valence-corrected chi connectivity index (χ3v) is 7.12. The number of benzene rings is 1. The average Bonchev–Trinajstić information content (AvgIpc) is 3.04. The van der Waals surface area contributed by atoms with Gasteiger partial charge in [0.25, 0.3) is 0 Å². The van der Waals surface area contributed by atoms with E-state index in [1.165, 1.54) is 5.56 Å². The Morgan fingerprint density at radius 2 is 1.52 bits per heavy atom. The van der Waals surface area contributed by atoms with Crippen molar-refractivity contribution < 1.29 is 23.7 Å². The molecule has 1 saturated carbocycles. The number of hydrogen-bond acceptors (Lipinski definition) is 5. The first-order valence-corrected chi connectivity index (χ1v) is 12.7. The third kappa shape index (κ3) is 6.63. The first-order valence-electron chi connectivity index (χ1n) is 12.7. The van der Waals surface area contributed by atoms with Crippen LogP contribution in [-0.2, 0) is 20.6 Å². The number of rotatable bonds is 7. The van der Waals surface area contributed by atoms with Crippen LogP contribution in [0.5, 0.6) is 5.75 Å². The normalized spacial score (nSPS) is 29.7. The van der Waals surface area contributed by atoms with Crippen molar-refractivity contribution >= 4 is 6.09 Å². The van der Waals surface area contributed by atoms with Crippen LogP contribution < -0.4 is 4.74 Å². The number of carbonyl (C=O) groups is 1. The highest BCUT2D eigenvalue weighted by molar-refractivity contribution is 5.69. The number of amides is 1. The van der Waals surface area contributed by atoms with E-state index in [-0.39, 0.29) is 30.4 Å². The quantitative estimate of drug-likeness (QED) is 0.538. The third-order valence-electron chi connectivity index (χ3n) is 7.12. The Kier molecular flexibility index (Phi) is 7.85. The van der Waals surface area contributed by atoms with Crippen LogP contribution in [-0.4, -0.2) is 60.7 Å². The molecule has 6 nitrogen and oxygen atoms in total. The maximum Gasteiger partial charge on any atom is 0.410 e. The second-order valence-electron chi connectivity index (χ2n) is 10.9. The van der Waals surface area contributed by atoms with E-state index >= 15 is 0 Å². The Balaban J connectivity index is 1.20. The Morgan fingerprint density at radius 1 is 0.909 bits per heavy atom. The van der Waals surface area contributed by atoms with Crippen molar-refractivity contribution in [2.24, 2.45) is 0 Å². The van der Waals surface area contributed by atoms with E-state index in [2.05, 4.69) is 24.3 Å². The molecule has 2 aliphatic heterocycles. The van der Waals surface area contributed by atoms with Gasteiger partial charge in [0.15, 0.2) is 0 Å². The van der Waals surface area contributed by atoms with Crippen molar-refractivity contribution in [1.82, 2.24) is 4.90 Å². The minimum Gasteiger partial charge on any atom is -0.490 e. The van der Waals surface area contributed by atoms with Gasteiger partial charge < -0.3 is 23.8 Å². The summed E-state index contributed by atoms with van der Waals surface area (Å²) < 4.78 is 23.6. The van der Waals surface area contributed by atoms with E-state index in [9.17, 15) is 4.79 Å². The van der Waals surface area contributed by atoms with Gasteiger partial charge in [-0.1, -0.05) is 12.1 Å². The average molecular weight is 460 g/mol. The summed E-state index contributed by atoms with van der Waals surface area (Å²) in [6, 6.07) is 8.91. The lowest BCUT2D eigenvalue weighted by atomic mass is 9.93. The van der Waals surface area contributed by atoms with Crippen LogP contribution in [0, 0.1) is 0 Å². The highest BCUT2D eigenvalue weighted by Crippen LogP contribution is 2.39. The molecule has 3 fully saturated rings. The topological polar surface area (TPSA) is 57.2 Å². The highest BCUT2D eigenvalue weighted by Gasteiger charge is 2.45. The minimum atomic E-state index is -0.448. The van der Waals surface area contributed by atoms with Gasteiger partial charge in [-0.3, -0.25) is 0 Å². The molecule has 3 aliphatic rings. The van der Waals surface area contributed by atoms with E-state index in [0.717, 1.165) is 70.1 Å². The van der Waals surface area contributed by atoms with Crippen LogP contribution in [0.1, 0.15) is 77.7 Å². The van der Waals surface area contributed by atoms with Crippen LogP contribution in [0.3, 0.4) is 0 Å². The summed E-state index contributed by atoms with van der Waals surface area (Å²) in [5.74, 6) is 0.951. The summed E-state index contributed by atoms with van der Waals surface area (Å²) in [5, 5.41) is 0. The second-order valence-corrected chi connectivity index (χ2v) is 10.9. The lowest BCUT2D eigenvalue weighted by molar-refractivity contribution is -0.0812. The monoisotopic (exact) mass is 459 g/mol. The summed E-state index contributed by atoms with van der Waals surface area (Å²) in [6.07, 6.45) is 9.72. The molecule has 184 valence electrons. The summed E-state index contributed by atoms with van der Waals surface area (Å²) in [6.45, 7) is 6.54. The van der Waals surface area contributed by atoms with Gasteiger partial charge in [0.1, 0.15) is 11.4 Å². The van der Waals surface area contributed by atoms with Crippen LogP contribution in [0.15, 0.2) is 24.3 Å². The molecule has 0 radical (unpaired) electrons. The summed E-state index contributed by atoms with van der Waals surface area (Å²) in [4.78, 5) is 14.7. The lowest BCUT2D eigenvalue weighted by Crippen LogP contribution is -2.50. The molecule has 33 heavy (non-hydrogen) atoms. The molecule has 2 saturated heterocycles. The number of piperidine rings is 1. The van der Waals surface area contributed by atoms with Gasteiger partial charge in [0.2, 0.25) is 0 Å². The molecule has 0 aromatic heterocycles. The Morgan fingerprint density at radius 3 is 2.09 bits per heavy atom. The van der Waals surface area contributed by atoms with Crippen LogP contribution >= 0.6 is 0 Å². The van der Waals surface area contributed by atoms with Crippen molar-refractivity contribution in [2.45, 2.75) is 115 Å². The first kappa shape index (κ1) is 24.3. The number of fused-ring (bicyclic) bond motifs is 2. The molecule has 0 N–H and O–H groups in total. The molecular weight excluding hydrogens is 418 g/mol. The van der Waals surface area contributed by atoms with Crippen molar-refractivity contribution in [2.75, 3.05) is 13.7 Å². The van der Waals surface area contributed by atoms with Gasteiger partial charge in [-0.2, -0.15) is 0 Å². The van der Waals surface area contributed by atoms with Crippen LogP contribution in [0.2, 0.25) is 0 Å². The molecule has 6 heteroatoms. The highest BCUT2D eigenvalue weighted by atomic mass is 16.6. The number of hydrogen-bond donors (Lipinski definition) is 0. The Labute approximate surface area is 198 Å². The van der Waals surface area contributed by atoms with Gasteiger partial charge in [0.05, 0.1) is 24.9 Å². The molecule has 4 rings (SSSR count). The molecule has 1 aromatic rings. The second kappa shape index (κ2) is 10.6. The predicted octanol–water partition coefficient (Wildman–Crippen LogP) is 5.51. The van der Waals surface area contributed by atoms with Crippen LogP contribution in [0.4, 0.5) is 4.79 Å². The fourth-order valence-corrected chi connectivity index (χ4v) is 5.56. The number of methoxy groups -OCH3 is 1. The molecule has 2 unspecified atom stereocenters. The Hall–Kier alpha value is -1.79. The first-order chi connectivity index (χ1) is 15.8. The minimum absolute atomic E-state index is 0.155. The smallest absolute Gasteiger partial charge is 0.410 e. The number of carbonyl (C=O) groups excluding carboxylic acids is 1. The van der Waals surface area contributed by atoms with Crippen LogP contribution in [0.25, 0.3) is 0 Å². The van der Waals surface area contributed by atoms with Crippen molar-refractivity contribution in [3.8, 4) is 5.75 Å². The fourth-order valence-electron chi connectivity index (χ4n) is 5.56. The van der Waals surface area contributed by atoms with Crippen molar-refractivity contribution in [1.29, 1.82) is 0 Å². The molecule has 0 spiro atoms. The molecule has 1 aliphatic carbocycles. The zero-order chi connectivity index (χ0) is 23.4. The Bertz CT molecular complexity index is 752. The fraction of sp³-hybridized carbons (Fsp3) is 0.741. The largest absolute Gasteiger partial charge is 0.490 e. The SMILES string of the molecule is COCCc1ccc(OC2CCC(OC3CC4CCC(C3)N4C(=O)OC(C)(C)C)CC2)cc1. The molecule has 1 amide bonds. The molecule has 1 aromatic carbocycles. The van der Waals surface area contributed by atoms with Gasteiger partial charge in [-0.15, -0.1) is 0 Å². The predicted molar refractivity (Wildman–Crippen MR) is 128 cm³/mol. The summed E-state index contributed by atoms with van der Waals surface area (Å²) in [7, 11) is 1.73. The maximum atomic E-state index is 12.7. The number of nitrogens with zero attached hydrogens (tertiary/aromatic N) is 1. The molecule has 2 bridgehead atoms. The lowest BCUT2D eigenvalue weighted by Gasteiger charge is -2.41. The van der Waals surface area contributed by atoms with Crippen molar-refractivity contribution in [3.05, 3.63) is 29.8 Å². The maximum absolute atomic E-state index is 12.7. The summed E-state index contributed by atoms with van der Waals surface area (Å²) >= 11 is 0. The molecular formula is C27H41NO5. The zero-order valence-corrected chi connectivity index (χ0v) is 20.8. The van der Waals surface area contributed by atoms with Gasteiger partial charge in [-0.25, -0.2) is 4.79 Å². The van der Waals surface area contributed by atoms with E-state index in [4.69, 9.17) is 18.9 Å². The molecule has 2 heterocycles. The van der Waals surface area contributed by atoms with E-state index in [0.29, 0.717) is 6.10 Å². The van der Waals surface area contributed by atoms with Gasteiger partial charge >= 0.3 is 6.09 Å². The van der Waals surface area contributed by atoms with E-state index in [1.54, 1.807) is 7.11 Å². The standard InChI is InChI=1S/C27H41NO5/c1-27(2,3)33-26(29)28-20-7-8-21(28)18-25(17-20)32-24-13-11-23(12-14-24)31-22-9-5-19(6-10-22)15-16-30-4/h5-6,9-10,20-21,23-25H,7-8,11-18H2,1-4H3. The molecule has 2 atom stereocenters. The van der Waals surface area contributed by atoms with Crippen molar-refractivity contribution in [3.63, 3.8) is 0 Å². The van der Waals surface area contributed by atoms with E-state index in [1.807, 2.05) is 25.7 Å². The zero-order valence-electron chi connectivity index (χ0n) is 20.8.